The predicted molar refractivity (Wildman–Crippen MR) is 91.5 cm³/mol. The summed E-state index contributed by atoms with van der Waals surface area (Å²) in [4.78, 5) is 16.5. The van der Waals surface area contributed by atoms with Crippen LogP contribution in [0.4, 0.5) is 18.9 Å². The second-order valence-corrected chi connectivity index (χ2v) is 6.30. The summed E-state index contributed by atoms with van der Waals surface area (Å²) in [7, 11) is 1.87. The molecule has 1 aromatic heterocycles. The van der Waals surface area contributed by atoms with Crippen molar-refractivity contribution in [2.45, 2.75) is 11.3 Å². The van der Waals surface area contributed by atoms with Gasteiger partial charge in [-0.3, -0.25) is 4.79 Å². The Hall–Kier alpha value is -2.48. The molecule has 0 saturated carbocycles. The van der Waals surface area contributed by atoms with Crippen molar-refractivity contribution in [3.05, 3.63) is 54.1 Å². The van der Waals surface area contributed by atoms with Gasteiger partial charge < -0.3 is 9.88 Å². The number of fused-ring (bicyclic) bond motifs is 1. The maximum absolute atomic E-state index is 12.5. The van der Waals surface area contributed by atoms with E-state index in [0.29, 0.717) is 10.8 Å². The molecule has 1 amide bonds. The molecule has 0 spiro atoms. The number of para-hydroxylation sites is 2. The molecule has 0 atom stereocenters. The lowest BCUT2D eigenvalue weighted by Crippen LogP contribution is -2.14. The summed E-state index contributed by atoms with van der Waals surface area (Å²) < 4.78 is 39.4. The highest BCUT2D eigenvalue weighted by molar-refractivity contribution is 7.99. The minimum Gasteiger partial charge on any atom is -0.325 e. The fraction of sp³-hybridized carbons (Fsp3) is 0.176. The first-order valence-corrected chi connectivity index (χ1v) is 8.34. The number of nitrogens with zero attached hydrogens (tertiary/aromatic N) is 2. The first-order chi connectivity index (χ1) is 11.8. The smallest absolute Gasteiger partial charge is 0.325 e. The molecular formula is C17H14F3N3OS. The average Bonchev–Trinajstić information content (AvgIpc) is 2.89. The van der Waals surface area contributed by atoms with Crippen molar-refractivity contribution in [3.8, 4) is 0 Å². The number of rotatable bonds is 4. The van der Waals surface area contributed by atoms with Gasteiger partial charge in [0, 0.05) is 12.7 Å². The lowest BCUT2D eigenvalue weighted by Gasteiger charge is -2.08. The number of hydrogen-bond donors (Lipinski definition) is 1. The number of aryl methyl sites for hydroxylation is 1. The van der Waals surface area contributed by atoms with Crippen LogP contribution in [-0.2, 0) is 18.0 Å². The predicted octanol–water partition coefficient (Wildman–Crippen LogP) is 4.32. The van der Waals surface area contributed by atoms with Gasteiger partial charge in [-0.25, -0.2) is 4.98 Å². The number of hydrogen-bond acceptors (Lipinski definition) is 3. The van der Waals surface area contributed by atoms with Crippen LogP contribution < -0.4 is 5.32 Å². The van der Waals surface area contributed by atoms with Gasteiger partial charge in [0.1, 0.15) is 0 Å². The van der Waals surface area contributed by atoms with Gasteiger partial charge in [-0.1, -0.05) is 23.9 Å². The SMILES string of the molecule is Cn1c(SCC(=O)Nc2ccc(C(F)(F)F)cc2)nc2ccccc21. The van der Waals surface area contributed by atoms with Gasteiger partial charge in [0.25, 0.3) is 0 Å². The van der Waals surface area contributed by atoms with E-state index in [2.05, 4.69) is 10.3 Å². The number of imidazole rings is 1. The van der Waals surface area contributed by atoms with Gasteiger partial charge >= 0.3 is 6.18 Å². The fourth-order valence-corrected chi connectivity index (χ4v) is 3.11. The van der Waals surface area contributed by atoms with Gasteiger partial charge in [0.15, 0.2) is 5.16 Å². The second kappa shape index (κ2) is 6.79. The van der Waals surface area contributed by atoms with Crippen LogP contribution in [0.1, 0.15) is 5.56 Å². The first kappa shape index (κ1) is 17.3. The van der Waals surface area contributed by atoms with Crippen molar-refractivity contribution < 1.29 is 18.0 Å². The summed E-state index contributed by atoms with van der Waals surface area (Å²) in [6, 6.07) is 12.0. The highest BCUT2D eigenvalue weighted by atomic mass is 32.2. The molecule has 130 valence electrons. The maximum Gasteiger partial charge on any atom is 0.416 e. The third-order valence-electron chi connectivity index (χ3n) is 3.57. The molecular weight excluding hydrogens is 351 g/mol. The number of carbonyl (C=O) groups is 1. The highest BCUT2D eigenvalue weighted by Crippen LogP contribution is 2.30. The van der Waals surface area contributed by atoms with Crippen LogP contribution in [0.5, 0.6) is 0 Å². The van der Waals surface area contributed by atoms with Gasteiger partial charge in [-0.2, -0.15) is 13.2 Å². The number of amides is 1. The maximum atomic E-state index is 12.5. The van der Waals surface area contributed by atoms with E-state index < -0.39 is 11.7 Å². The Morgan fingerprint density at radius 3 is 2.48 bits per heavy atom. The molecule has 8 heteroatoms. The summed E-state index contributed by atoms with van der Waals surface area (Å²) in [6.45, 7) is 0. The van der Waals surface area contributed by atoms with E-state index in [-0.39, 0.29) is 11.7 Å². The Labute approximate surface area is 146 Å². The molecule has 1 N–H and O–H groups in total. The summed E-state index contributed by atoms with van der Waals surface area (Å²) in [5.41, 5.74) is 1.38. The molecule has 3 rings (SSSR count). The van der Waals surface area contributed by atoms with Gasteiger partial charge in [-0.05, 0) is 36.4 Å². The molecule has 0 radical (unpaired) electrons. The monoisotopic (exact) mass is 365 g/mol. The zero-order valence-corrected chi connectivity index (χ0v) is 14.0. The fourth-order valence-electron chi connectivity index (χ4n) is 2.32. The number of halogens is 3. The van der Waals surface area contributed by atoms with E-state index in [9.17, 15) is 18.0 Å². The van der Waals surface area contributed by atoms with E-state index in [1.165, 1.54) is 23.9 Å². The van der Waals surface area contributed by atoms with E-state index in [1.807, 2.05) is 35.9 Å². The van der Waals surface area contributed by atoms with Gasteiger partial charge in [-0.15, -0.1) is 0 Å². The normalized spacial score (nSPS) is 11.7. The molecule has 3 aromatic rings. The molecule has 0 saturated heterocycles. The number of benzene rings is 2. The van der Waals surface area contributed by atoms with Crippen LogP contribution in [0.25, 0.3) is 11.0 Å². The Kier molecular flexibility index (Phi) is 4.71. The lowest BCUT2D eigenvalue weighted by molar-refractivity contribution is -0.137. The quantitative estimate of drug-likeness (QED) is 0.701. The molecule has 4 nitrogen and oxygen atoms in total. The number of nitrogens with one attached hydrogen (secondary N) is 1. The van der Waals surface area contributed by atoms with Crippen molar-refractivity contribution in [2.75, 3.05) is 11.1 Å². The molecule has 0 fully saturated rings. The van der Waals surface area contributed by atoms with E-state index >= 15 is 0 Å². The third kappa shape index (κ3) is 3.96. The molecule has 2 aromatic carbocycles. The largest absolute Gasteiger partial charge is 0.416 e. The minimum absolute atomic E-state index is 0.109. The Morgan fingerprint density at radius 2 is 1.84 bits per heavy atom. The standard InChI is InChI=1S/C17H14F3N3OS/c1-23-14-5-3-2-4-13(14)22-16(23)25-10-15(24)21-12-8-6-11(7-9-12)17(18,19)20/h2-9H,10H2,1H3,(H,21,24). The van der Waals surface area contributed by atoms with Crippen molar-refractivity contribution in [1.29, 1.82) is 0 Å². The summed E-state index contributed by atoms with van der Waals surface area (Å²) >= 11 is 1.27. The zero-order chi connectivity index (χ0) is 18.0. The van der Waals surface area contributed by atoms with Crippen molar-refractivity contribution in [1.82, 2.24) is 9.55 Å². The number of thioether (sulfide) groups is 1. The van der Waals surface area contributed by atoms with Crippen molar-refractivity contribution in [3.63, 3.8) is 0 Å². The van der Waals surface area contributed by atoms with Crippen LogP contribution in [0, 0.1) is 0 Å². The van der Waals surface area contributed by atoms with Crippen molar-refractivity contribution >= 4 is 34.4 Å². The van der Waals surface area contributed by atoms with Gasteiger partial charge in [0.05, 0.1) is 22.3 Å². The van der Waals surface area contributed by atoms with Crippen LogP contribution in [0.2, 0.25) is 0 Å². The number of anilines is 1. The van der Waals surface area contributed by atoms with Crippen LogP contribution in [0.15, 0.2) is 53.7 Å². The molecule has 1 heterocycles. The minimum atomic E-state index is -4.39. The Balaban J connectivity index is 1.61. The van der Waals surface area contributed by atoms with Crippen LogP contribution in [0.3, 0.4) is 0 Å². The highest BCUT2D eigenvalue weighted by Gasteiger charge is 2.29. The molecule has 0 bridgehead atoms. The topological polar surface area (TPSA) is 46.9 Å². The number of carbonyl (C=O) groups excluding carboxylic acids is 1. The molecule has 0 aliphatic rings. The summed E-state index contributed by atoms with van der Waals surface area (Å²) in [6.07, 6.45) is -4.39. The Morgan fingerprint density at radius 1 is 1.16 bits per heavy atom. The van der Waals surface area contributed by atoms with Gasteiger partial charge in [0.2, 0.25) is 5.91 Å². The third-order valence-corrected chi connectivity index (χ3v) is 4.60. The molecule has 0 aliphatic heterocycles. The molecule has 25 heavy (non-hydrogen) atoms. The average molecular weight is 365 g/mol. The summed E-state index contributed by atoms with van der Waals surface area (Å²) in [5.74, 6) is -0.199. The molecule has 0 aliphatic carbocycles. The number of aromatic nitrogens is 2. The second-order valence-electron chi connectivity index (χ2n) is 5.35. The van der Waals surface area contributed by atoms with E-state index in [4.69, 9.17) is 0 Å². The van der Waals surface area contributed by atoms with Crippen LogP contribution >= 0.6 is 11.8 Å². The molecule has 0 unspecified atom stereocenters. The lowest BCUT2D eigenvalue weighted by atomic mass is 10.2. The summed E-state index contributed by atoms with van der Waals surface area (Å²) in [5, 5.41) is 3.28. The van der Waals surface area contributed by atoms with Crippen molar-refractivity contribution in [2.24, 2.45) is 7.05 Å². The van der Waals surface area contributed by atoms with E-state index in [0.717, 1.165) is 23.2 Å². The first-order valence-electron chi connectivity index (χ1n) is 7.36. The number of alkyl halides is 3. The van der Waals surface area contributed by atoms with Crippen LogP contribution in [-0.4, -0.2) is 21.2 Å². The zero-order valence-electron chi connectivity index (χ0n) is 13.2. The van der Waals surface area contributed by atoms with E-state index in [1.54, 1.807) is 0 Å². The Bertz CT molecular complexity index is 904.